The second-order valence-corrected chi connectivity index (χ2v) is 6.10. The van der Waals surface area contributed by atoms with Crippen molar-refractivity contribution in [2.75, 3.05) is 26.2 Å². The van der Waals surface area contributed by atoms with E-state index in [9.17, 15) is 9.59 Å². The molecule has 4 nitrogen and oxygen atoms in total. The minimum atomic E-state index is 0.0404. The number of carbonyl (C=O) groups is 2. The van der Waals surface area contributed by atoms with Gasteiger partial charge >= 0.3 is 0 Å². The molecule has 1 aliphatic heterocycles. The van der Waals surface area contributed by atoms with E-state index in [0.29, 0.717) is 13.1 Å². The van der Waals surface area contributed by atoms with Gasteiger partial charge in [0.05, 0.1) is 13.1 Å². The molecule has 124 valence electrons. The third kappa shape index (κ3) is 4.22. The lowest BCUT2D eigenvalue weighted by atomic mass is 10.1. The summed E-state index contributed by atoms with van der Waals surface area (Å²) in [6, 6.07) is 20.1. The van der Waals surface area contributed by atoms with Gasteiger partial charge in [-0.2, -0.15) is 0 Å². The molecule has 0 spiro atoms. The molecular weight excluding hydrogens is 300 g/mol. The molecule has 0 N–H and O–H groups in total. The van der Waals surface area contributed by atoms with Gasteiger partial charge in [-0.15, -0.1) is 0 Å². The first-order valence-electron chi connectivity index (χ1n) is 8.36. The molecule has 1 aliphatic rings. The van der Waals surface area contributed by atoms with Crippen LogP contribution in [0.2, 0.25) is 0 Å². The van der Waals surface area contributed by atoms with Crippen molar-refractivity contribution in [1.29, 1.82) is 0 Å². The Balaban J connectivity index is 1.50. The summed E-state index contributed by atoms with van der Waals surface area (Å²) in [5.41, 5.74) is 2.37. The van der Waals surface area contributed by atoms with Crippen LogP contribution in [0.4, 0.5) is 0 Å². The zero-order chi connectivity index (χ0) is 16.8. The van der Waals surface area contributed by atoms with E-state index in [1.54, 1.807) is 9.80 Å². The summed E-state index contributed by atoms with van der Waals surface area (Å²) in [6.07, 6.45) is 1.56. The standard InChI is InChI=1S/C20H22N2O2/c23-19-16-22(14-12-18-9-5-2-6-10-18)20(24)15-21(19)13-11-17-7-3-1-4-8-17/h1-10H,11-16H2. The van der Waals surface area contributed by atoms with Gasteiger partial charge in [0.2, 0.25) is 11.8 Å². The van der Waals surface area contributed by atoms with Gasteiger partial charge in [0.15, 0.2) is 0 Å². The highest BCUT2D eigenvalue weighted by Crippen LogP contribution is 2.09. The molecule has 3 rings (SSSR count). The number of piperazine rings is 1. The zero-order valence-electron chi connectivity index (χ0n) is 13.7. The van der Waals surface area contributed by atoms with E-state index >= 15 is 0 Å². The highest BCUT2D eigenvalue weighted by Gasteiger charge is 2.29. The Labute approximate surface area is 142 Å². The summed E-state index contributed by atoms with van der Waals surface area (Å²) < 4.78 is 0. The van der Waals surface area contributed by atoms with E-state index in [4.69, 9.17) is 0 Å². The predicted octanol–water partition coefficient (Wildman–Crippen LogP) is 2.14. The van der Waals surface area contributed by atoms with Crippen LogP contribution >= 0.6 is 0 Å². The fourth-order valence-electron chi connectivity index (χ4n) is 2.93. The number of hydrogen-bond acceptors (Lipinski definition) is 2. The summed E-state index contributed by atoms with van der Waals surface area (Å²) in [7, 11) is 0. The second kappa shape index (κ2) is 7.77. The Morgan fingerprint density at radius 3 is 1.38 bits per heavy atom. The minimum absolute atomic E-state index is 0.0404. The molecule has 1 heterocycles. The lowest BCUT2D eigenvalue weighted by molar-refractivity contribution is -0.150. The van der Waals surface area contributed by atoms with Gasteiger partial charge in [0, 0.05) is 13.1 Å². The molecular formula is C20H22N2O2. The van der Waals surface area contributed by atoms with Gasteiger partial charge in [-0.05, 0) is 24.0 Å². The fraction of sp³-hybridized carbons (Fsp3) is 0.300. The maximum absolute atomic E-state index is 12.3. The molecule has 0 radical (unpaired) electrons. The van der Waals surface area contributed by atoms with Crippen LogP contribution in [0.3, 0.4) is 0 Å². The number of carbonyl (C=O) groups excluding carboxylic acids is 2. The van der Waals surface area contributed by atoms with Gasteiger partial charge in [-0.1, -0.05) is 60.7 Å². The highest BCUT2D eigenvalue weighted by atomic mass is 16.2. The van der Waals surface area contributed by atoms with Crippen LogP contribution in [0.15, 0.2) is 60.7 Å². The van der Waals surface area contributed by atoms with Crippen molar-refractivity contribution in [2.45, 2.75) is 12.8 Å². The third-order valence-corrected chi connectivity index (χ3v) is 4.38. The van der Waals surface area contributed by atoms with Crippen molar-refractivity contribution in [1.82, 2.24) is 9.80 Å². The van der Waals surface area contributed by atoms with E-state index in [1.807, 2.05) is 60.7 Å². The van der Waals surface area contributed by atoms with Crippen LogP contribution in [0.1, 0.15) is 11.1 Å². The quantitative estimate of drug-likeness (QED) is 0.817. The maximum Gasteiger partial charge on any atom is 0.242 e. The molecule has 4 heteroatoms. The monoisotopic (exact) mass is 322 g/mol. The molecule has 0 aromatic heterocycles. The summed E-state index contributed by atoms with van der Waals surface area (Å²) >= 11 is 0. The summed E-state index contributed by atoms with van der Waals surface area (Å²) in [4.78, 5) is 28.0. The molecule has 2 aromatic carbocycles. The molecule has 1 saturated heterocycles. The normalized spacial score (nSPS) is 15.0. The highest BCUT2D eigenvalue weighted by molar-refractivity contribution is 5.92. The Kier molecular flexibility index (Phi) is 5.26. The number of hydrogen-bond donors (Lipinski definition) is 0. The lowest BCUT2D eigenvalue weighted by Gasteiger charge is -2.34. The predicted molar refractivity (Wildman–Crippen MR) is 93.5 cm³/mol. The molecule has 0 bridgehead atoms. The van der Waals surface area contributed by atoms with Crippen molar-refractivity contribution in [2.24, 2.45) is 0 Å². The SMILES string of the molecule is O=C1CN(CCc2ccccc2)C(=O)CN1CCc1ccccc1. The fourth-order valence-corrected chi connectivity index (χ4v) is 2.93. The van der Waals surface area contributed by atoms with Gasteiger partial charge in [-0.3, -0.25) is 9.59 Å². The minimum Gasteiger partial charge on any atom is -0.332 e. The van der Waals surface area contributed by atoms with Gasteiger partial charge in [-0.25, -0.2) is 0 Å². The Bertz CT molecular complexity index is 624. The zero-order valence-corrected chi connectivity index (χ0v) is 13.7. The van der Waals surface area contributed by atoms with Crippen LogP contribution in [0.25, 0.3) is 0 Å². The first-order chi connectivity index (χ1) is 11.7. The van der Waals surface area contributed by atoms with Crippen molar-refractivity contribution in [3.05, 3.63) is 71.8 Å². The number of nitrogens with zero attached hydrogens (tertiary/aromatic N) is 2. The molecule has 24 heavy (non-hydrogen) atoms. The average Bonchev–Trinajstić information content (AvgIpc) is 2.62. The van der Waals surface area contributed by atoms with Gasteiger partial charge < -0.3 is 9.80 Å². The van der Waals surface area contributed by atoms with E-state index < -0.39 is 0 Å². The smallest absolute Gasteiger partial charge is 0.242 e. The second-order valence-electron chi connectivity index (χ2n) is 6.10. The molecule has 0 saturated carbocycles. The lowest BCUT2D eigenvalue weighted by Crippen LogP contribution is -2.54. The molecule has 1 fully saturated rings. The summed E-state index contributed by atoms with van der Waals surface area (Å²) in [5, 5.41) is 0. The van der Waals surface area contributed by atoms with Crippen LogP contribution in [0, 0.1) is 0 Å². The van der Waals surface area contributed by atoms with Crippen LogP contribution in [-0.2, 0) is 22.4 Å². The average molecular weight is 322 g/mol. The Hall–Kier alpha value is -2.62. The van der Waals surface area contributed by atoms with E-state index in [-0.39, 0.29) is 24.9 Å². The van der Waals surface area contributed by atoms with Crippen molar-refractivity contribution in [3.8, 4) is 0 Å². The summed E-state index contributed by atoms with van der Waals surface area (Å²) in [6.45, 7) is 1.59. The van der Waals surface area contributed by atoms with Crippen LogP contribution < -0.4 is 0 Å². The first-order valence-corrected chi connectivity index (χ1v) is 8.36. The van der Waals surface area contributed by atoms with Crippen molar-refractivity contribution < 1.29 is 9.59 Å². The van der Waals surface area contributed by atoms with E-state index in [1.165, 1.54) is 11.1 Å². The molecule has 0 unspecified atom stereocenters. The first kappa shape index (κ1) is 16.2. The van der Waals surface area contributed by atoms with Gasteiger partial charge in [0.1, 0.15) is 0 Å². The maximum atomic E-state index is 12.3. The van der Waals surface area contributed by atoms with Crippen molar-refractivity contribution >= 4 is 11.8 Å². The van der Waals surface area contributed by atoms with Crippen molar-refractivity contribution in [3.63, 3.8) is 0 Å². The molecule has 2 aromatic rings. The van der Waals surface area contributed by atoms with Crippen LogP contribution in [0.5, 0.6) is 0 Å². The molecule has 2 amide bonds. The van der Waals surface area contributed by atoms with E-state index in [0.717, 1.165) is 12.8 Å². The Morgan fingerprint density at radius 1 is 0.625 bits per heavy atom. The molecule has 0 aliphatic carbocycles. The summed E-state index contributed by atoms with van der Waals surface area (Å²) in [5.74, 6) is 0.0807. The Morgan fingerprint density at radius 2 is 1.00 bits per heavy atom. The van der Waals surface area contributed by atoms with E-state index in [2.05, 4.69) is 0 Å². The van der Waals surface area contributed by atoms with Crippen LogP contribution in [-0.4, -0.2) is 47.8 Å². The number of benzene rings is 2. The topological polar surface area (TPSA) is 40.6 Å². The van der Waals surface area contributed by atoms with Gasteiger partial charge in [0.25, 0.3) is 0 Å². The number of amides is 2. The molecule has 0 atom stereocenters. The largest absolute Gasteiger partial charge is 0.332 e. The number of rotatable bonds is 6. The third-order valence-electron chi connectivity index (χ3n) is 4.38.